The van der Waals surface area contributed by atoms with Gasteiger partial charge in [0.15, 0.2) is 0 Å². The van der Waals surface area contributed by atoms with Crippen molar-refractivity contribution in [1.29, 1.82) is 0 Å². The number of hydrogen-bond acceptors (Lipinski definition) is 2. The molecule has 6 heteroatoms. The molecule has 0 aliphatic heterocycles. The molecule has 0 saturated heterocycles. The van der Waals surface area contributed by atoms with E-state index < -0.39 is 0 Å². The molecule has 4 nitrogen and oxygen atoms in total. The summed E-state index contributed by atoms with van der Waals surface area (Å²) in [5.74, 6) is 0. The van der Waals surface area contributed by atoms with Gasteiger partial charge < -0.3 is 9.97 Å². The van der Waals surface area contributed by atoms with Gasteiger partial charge in [-0.15, -0.1) is 0 Å². The Morgan fingerprint density at radius 2 is 1.08 bits per heavy atom. The van der Waals surface area contributed by atoms with Gasteiger partial charge in [-0.2, -0.15) is 0 Å². The molecule has 2 N–H and O–H groups in total. The first-order chi connectivity index (χ1) is 12.5. The van der Waals surface area contributed by atoms with Gasteiger partial charge in [0, 0.05) is 55.8 Å². The van der Waals surface area contributed by atoms with Gasteiger partial charge in [0.2, 0.25) is 0 Å². The topological polar surface area (TPSA) is 65.7 Å². The fraction of sp³-hybridized carbons (Fsp3) is 0.100. The summed E-state index contributed by atoms with van der Waals surface area (Å²) in [5, 5.41) is 2.94. The van der Waals surface area contributed by atoms with E-state index in [2.05, 4.69) is 9.97 Å². The average Bonchev–Trinajstić information content (AvgIpc) is 2.62. The van der Waals surface area contributed by atoms with Crippen molar-refractivity contribution in [3.63, 3.8) is 0 Å². The number of fused-ring (bicyclic) bond motifs is 6. The SMILES string of the molecule is O=c1[nH]c2ccc(Cl)cc2c2c1Cc1c(c(=O)[nH]c3ccc(Cl)cc13)C2. The Morgan fingerprint density at radius 3 is 1.50 bits per heavy atom. The van der Waals surface area contributed by atoms with E-state index in [4.69, 9.17) is 23.2 Å². The smallest absolute Gasteiger partial charge is 0.252 e. The lowest BCUT2D eigenvalue weighted by molar-refractivity contribution is 0.963. The van der Waals surface area contributed by atoms with Crippen molar-refractivity contribution >= 4 is 45.0 Å². The molecule has 128 valence electrons. The Labute approximate surface area is 157 Å². The molecule has 0 bridgehead atoms. The summed E-state index contributed by atoms with van der Waals surface area (Å²) < 4.78 is 0. The number of benzene rings is 2. The zero-order valence-corrected chi connectivity index (χ0v) is 15.0. The Balaban J connectivity index is 1.86. The van der Waals surface area contributed by atoms with Gasteiger partial charge >= 0.3 is 0 Å². The van der Waals surface area contributed by atoms with Crippen molar-refractivity contribution < 1.29 is 0 Å². The lowest BCUT2D eigenvalue weighted by atomic mass is 9.84. The summed E-state index contributed by atoms with van der Waals surface area (Å²) in [7, 11) is 0. The molecule has 0 radical (unpaired) electrons. The second-order valence-electron chi connectivity index (χ2n) is 6.56. The zero-order valence-electron chi connectivity index (χ0n) is 13.5. The second-order valence-corrected chi connectivity index (χ2v) is 7.43. The molecule has 2 aromatic carbocycles. The van der Waals surface area contributed by atoms with Gasteiger partial charge in [0.05, 0.1) is 0 Å². The number of H-pyrrole nitrogens is 2. The number of halogens is 2. The van der Waals surface area contributed by atoms with Crippen molar-refractivity contribution in [3.05, 3.63) is 89.4 Å². The van der Waals surface area contributed by atoms with E-state index >= 15 is 0 Å². The van der Waals surface area contributed by atoms with Gasteiger partial charge in [-0.25, -0.2) is 0 Å². The lowest BCUT2D eigenvalue weighted by Gasteiger charge is -2.21. The van der Waals surface area contributed by atoms with Crippen LogP contribution < -0.4 is 11.1 Å². The number of rotatable bonds is 0. The highest BCUT2D eigenvalue weighted by molar-refractivity contribution is 6.31. The number of aromatic amines is 2. The largest absolute Gasteiger partial charge is 0.322 e. The summed E-state index contributed by atoms with van der Waals surface area (Å²) in [6.45, 7) is 0. The number of aromatic nitrogens is 2. The minimum absolute atomic E-state index is 0.129. The van der Waals surface area contributed by atoms with E-state index in [0.717, 1.165) is 32.9 Å². The molecule has 26 heavy (non-hydrogen) atoms. The van der Waals surface area contributed by atoms with Crippen LogP contribution in [0.2, 0.25) is 10.0 Å². The van der Waals surface area contributed by atoms with Crippen molar-refractivity contribution in [2.24, 2.45) is 0 Å². The zero-order chi connectivity index (χ0) is 18.0. The highest BCUT2D eigenvalue weighted by Crippen LogP contribution is 2.33. The maximum Gasteiger partial charge on any atom is 0.252 e. The predicted octanol–water partition coefficient (Wildman–Crippen LogP) is 4.17. The summed E-state index contributed by atoms with van der Waals surface area (Å²) in [4.78, 5) is 31.2. The molecule has 0 atom stereocenters. The third-order valence-corrected chi connectivity index (χ3v) is 5.56. The van der Waals surface area contributed by atoms with Gasteiger partial charge in [-0.1, -0.05) is 23.2 Å². The molecule has 2 aromatic heterocycles. The van der Waals surface area contributed by atoms with Crippen LogP contribution in [0.25, 0.3) is 21.8 Å². The normalized spacial score (nSPS) is 13.0. The first kappa shape index (κ1) is 15.7. The minimum atomic E-state index is -0.129. The van der Waals surface area contributed by atoms with Crippen LogP contribution in [-0.4, -0.2) is 9.97 Å². The summed E-state index contributed by atoms with van der Waals surface area (Å²) in [6, 6.07) is 10.7. The Bertz CT molecular complexity index is 1250. The van der Waals surface area contributed by atoms with Crippen molar-refractivity contribution in [1.82, 2.24) is 9.97 Å². The van der Waals surface area contributed by atoms with Gasteiger partial charge in [0.25, 0.3) is 11.1 Å². The third-order valence-electron chi connectivity index (χ3n) is 5.09. The van der Waals surface area contributed by atoms with Crippen LogP contribution in [0.15, 0.2) is 46.0 Å². The van der Waals surface area contributed by atoms with Gasteiger partial charge in [-0.3, -0.25) is 9.59 Å². The van der Waals surface area contributed by atoms with E-state index in [0.29, 0.717) is 34.0 Å². The quantitative estimate of drug-likeness (QED) is 0.422. The number of nitrogens with one attached hydrogen (secondary N) is 2. The maximum absolute atomic E-state index is 12.7. The van der Waals surface area contributed by atoms with E-state index in [1.54, 1.807) is 24.3 Å². The molecular formula is C20H12Cl2N2O2. The summed E-state index contributed by atoms with van der Waals surface area (Å²) >= 11 is 12.3. The molecule has 0 saturated carbocycles. The molecule has 1 aliphatic carbocycles. The second kappa shape index (κ2) is 5.47. The number of hydrogen-bond donors (Lipinski definition) is 2. The van der Waals surface area contributed by atoms with Crippen LogP contribution in [0, 0.1) is 0 Å². The molecule has 0 spiro atoms. The fourth-order valence-electron chi connectivity index (χ4n) is 3.88. The van der Waals surface area contributed by atoms with E-state index in [1.165, 1.54) is 0 Å². The van der Waals surface area contributed by atoms with Crippen LogP contribution >= 0.6 is 23.2 Å². The monoisotopic (exact) mass is 382 g/mol. The lowest BCUT2D eigenvalue weighted by Crippen LogP contribution is -2.26. The van der Waals surface area contributed by atoms with Crippen LogP contribution in [-0.2, 0) is 12.8 Å². The number of pyridine rings is 2. The first-order valence-electron chi connectivity index (χ1n) is 8.18. The predicted molar refractivity (Wildman–Crippen MR) is 105 cm³/mol. The molecule has 5 rings (SSSR count). The minimum Gasteiger partial charge on any atom is -0.322 e. The van der Waals surface area contributed by atoms with Crippen LogP contribution in [0.4, 0.5) is 0 Å². The van der Waals surface area contributed by atoms with Crippen molar-refractivity contribution in [3.8, 4) is 0 Å². The third kappa shape index (κ3) is 2.23. The standard InChI is InChI=1S/C20H12Cl2N2O2/c21-9-1-3-17-13(5-9)11-7-16-12(8-15(11)19(25)23-17)14-6-10(22)2-4-18(14)24-20(16)26/h1-6H,7-8H2,(H,23,25)(H,24,26). The molecule has 0 amide bonds. The molecule has 0 fully saturated rings. The van der Waals surface area contributed by atoms with E-state index in [-0.39, 0.29) is 11.1 Å². The maximum atomic E-state index is 12.7. The highest BCUT2D eigenvalue weighted by Gasteiger charge is 2.25. The summed E-state index contributed by atoms with van der Waals surface area (Å²) in [6.07, 6.45) is 0.784. The fourth-order valence-corrected chi connectivity index (χ4v) is 4.22. The summed E-state index contributed by atoms with van der Waals surface area (Å²) in [5.41, 5.74) is 4.28. The average molecular weight is 383 g/mol. The Kier molecular flexibility index (Phi) is 3.30. The molecule has 2 heterocycles. The first-order valence-corrected chi connectivity index (χ1v) is 8.93. The van der Waals surface area contributed by atoms with Crippen LogP contribution in [0.1, 0.15) is 22.3 Å². The van der Waals surface area contributed by atoms with E-state index in [9.17, 15) is 9.59 Å². The molecule has 1 aliphatic rings. The molecule has 4 aromatic rings. The van der Waals surface area contributed by atoms with E-state index in [1.807, 2.05) is 12.1 Å². The van der Waals surface area contributed by atoms with Gasteiger partial charge in [-0.05, 0) is 47.5 Å². The molecule has 0 unspecified atom stereocenters. The highest BCUT2D eigenvalue weighted by atomic mass is 35.5. The Hall–Kier alpha value is -2.56. The Morgan fingerprint density at radius 1 is 0.654 bits per heavy atom. The molecular weight excluding hydrogens is 371 g/mol. The van der Waals surface area contributed by atoms with Crippen LogP contribution in [0.5, 0.6) is 0 Å². The van der Waals surface area contributed by atoms with Crippen molar-refractivity contribution in [2.75, 3.05) is 0 Å². The van der Waals surface area contributed by atoms with Gasteiger partial charge in [0.1, 0.15) is 0 Å². The van der Waals surface area contributed by atoms with Crippen LogP contribution in [0.3, 0.4) is 0 Å². The van der Waals surface area contributed by atoms with Crippen molar-refractivity contribution in [2.45, 2.75) is 12.8 Å².